The molecule has 7 heteroatoms. The smallest absolute Gasteiger partial charge is 0.227 e. The molecule has 1 amide bonds. The van der Waals surface area contributed by atoms with E-state index >= 15 is 0 Å². The van der Waals surface area contributed by atoms with Gasteiger partial charge in [-0.05, 0) is 30.4 Å². The molecule has 0 radical (unpaired) electrons. The van der Waals surface area contributed by atoms with Crippen LogP contribution in [0.15, 0.2) is 48.8 Å². The number of piperidine rings is 1. The van der Waals surface area contributed by atoms with E-state index < -0.39 is 0 Å². The topological polar surface area (TPSA) is 64.2 Å². The van der Waals surface area contributed by atoms with Crippen LogP contribution in [0.2, 0.25) is 0 Å². The molecular formula is C19H28Cl2N4O. The third-order valence-corrected chi connectivity index (χ3v) is 5.04. The summed E-state index contributed by atoms with van der Waals surface area (Å²) in [6, 6.07) is 11.6. The molecule has 0 aliphatic carbocycles. The highest BCUT2D eigenvalue weighted by atomic mass is 35.5. The van der Waals surface area contributed by atoms with Gasteiger partial charge in [-0.15, -0.1) is 24.8 Å². The minimum Gasteiger partial charge on any atom is -0.342 e. The number of carbonyl (C=O) groups excluding carboxylic acids is 1. The zero-order valence-corrected chi connectivity index (χ0v) is 16.7. The highest BCUT2D eigenvalue weighted by molar-refractivity contribution is 5.85. The number of benzene rings is 1. The fourth-order valence-electron chi connectivity index (χ4n) is 3.41. The third-order valence-electron chi connectivity index (χ3n) is 5.04. The molecule has 2 N–H and O–H groups in total. The van der Waals surface area contributed by atoms with E-state index in [1.165, 1.54) is 0 Å². The van der Waals surface area contributed by atoms with Crippen LogP contribution in [0, 0.1) is 11.8 Å². The maximum Gasteiger partial charge on any atom is 0.227 e. The van der Waals surface area contributed by atoms with Crippen molar-refractivity contribution in [3.63, 3.8) is 0 Å². The van der Waals surface area contributed by atoms with Crippen molar-refractivity contribution < 1.29 is 4.79 Å². The van der Waals surface area contributed by atoms with Crippen molar-refractivity contribution in [1.82, 2.24) is 14.7 Å². The largest absolute Gasteiger partial charge is 0.342 e. The summed E-state index contributed by atoms with van der Waals surface area (Å²) in [5.41, 5.74) is 7.32. The van der Waals surface area contributed by atoms with Crippen molar-refractivity contribution >= 4 is 30.7 Å². The zero-order valence-electron chi connectivity index (χ0n) is 15.0. The monoisotopic (exact) mass is 398 g/mol. The second kappa shape index (κ2) is 10.6. The molecule has 0 bridgehead atoms. The Morgan fingerprint density at radius 1 is 1.19 bits per heavy atom. The Balaban J connectivity index is 0.00000169. The Hall–Kier alpha value is -1.56. The molecule has 1 fully saturated rings. The molecule has 2 unspecified atom stereocenters. The number of halogens is 2. The van der Waals surface area contributed by atoms with Gasteiger partial charge in [-0.2, -0.15) is 5.10 Å². The predicted octanol–water partition coefficient (Wildman–Crippen LogP) is 3.30. The maximum atomic E-state index is 12.8. The van der Waals surface area contributed by atoms with E-state index in [1.54, 1.807) is 0 Å². The lowest BCUT2D eigenvalue weighted by molar-refractivity contribution is -0.137. The van der Waals surface area contributed by atoms with Gasteiger partial charge in [-0.25, -0.2) is 0 Å². The lowest BCUT2D eigenvalue weighted by Gasteiger charge is -2.34. The van der Waals surface area contributed by atoms with Crippen LogP contribution in [-0.4, -0.2) is 33.7 Å². The number of amides is 1. The molecule has 0 spiro atoms. The summed E-state index contributed by atoms with van der Waals surface area (Å²) in [6.07, 6.45) is 5.86. The number of nitrogens with two attached hydrogens (primary N) is 1. The molecule has 2 heterocycles. The minimum atomic E-state index is -0.250. The van der Waals surface area contributed by atoms with E-state index in [9.17, 15) is 4.79 Å². The quantitative estimate of drug-likeness (QED) is 0.839. The fraction of sp³-hybridized carbons (Fsp3) is 0.474. The molecule has 0 saturated carbocycles. The molecular weight excluding hydrogens is 371 g/mol. The average Bonchev–Trinajstić information content (AvgIpc) is 3.14. The Kier molecular flexibility index (Phi) is 9.13. The van der Waals surface area contributed by atoms with Gasteiger partial charge >= 0.3 is 0 Å². The second-order valence-electron chi connectivity index (χ2n) is 6.72. The van der Waals surface area contributed by atoms with E-state index in [4.69, 9.17) is 5.73 Å². The number of likely N-dealkylation sites (tertiary alicyclic amines) is 1. The molecule has 3 rings (SSSR count). The van der Waals surface area contributed by atoms with Crippen LogP contribution in [0.1, 0.15) is 31.4 Å². The first kappa shape index (κ1) is 22.5. The molecule has 26 heavy (non-hydrogen) atoms. The molecule has 1 aliphatic heterocycles. The van der Waals surface area contributed by atoms with Gasteiger partial charge in [0.15, 0.2) is 0 Å². The predicted molar refractivity (Wildman–Crippen MR) is 109 cm³/mol. The van der Waals surface area contributed by atoms with Crippen LogP contribution < -0.4 is 5.73 Å². The van der Waals surface area contributed by atoms with E-state index in [0.717, 1.165) is 38.0 Å². The second-order valence-corrected chi connectivity index (χ2v) is 6.72. The number of carbonyl (C=O) groups is 1. The summed E-state index contributed by atoms with van der Waals surface area (Å²) in [6.45, 7) is 4.51. The number of aromatic nitrogens is 2. The van der Waals surface area contributed by atoms with Crippen molar-refractivity contribution in [1.29, 1.82) is 0 Å². The van der Waals surface area contributed by atoms with E-state index in [1.807, 2.05) is 65.3 Å². The third kappa shape index (κ3) is 5.47. The van der Waals surface area contributed by atoms with Gasteiger partial charge in [0.25, 0.3) is 0 Å². The first-order valence-corrected chi connectivity index (χ1v) is 8.72. The molecule has 2 aromatic rings. The molecule has 1 aromatic heterocycles. The fourth-order valence-corrected chi connectivity index (χ4v) is 3.41. The normalized spacial score (nSPS) is 16.9. The van der Waals surface area contributed by atoms with Crippen LogP contribution in [0.4, 0.5) is 0 Å². The van der Waals surface area contributed by atoms with Gasteiger partial charge in [-0.3, -0.25) is 9.48 Å². The first-order chi connectivity index (χ1) is 11.6. The Morgan fingerprint density at radius 2 is 1.85 bits per heavy atom. The minimum absolute atomic E-state index is 0. The summed E-state index contributed by atoms with van der Waals surface area (Å²) < 4.78 is 1.98. The number of rotatable bonds is 5. The van der Waals surface area contributed by atoms with Crippen LogP contribution in [0.3, 0.4) is 0 Å². The summed E-state index contributed by atoms with van der Waals surface area (Å²) in [4.78, 5) is 14.7. The molecule has 1 aromatic carbocycles. The Bertz CT molecular complexity index is 643. The molecule has 1 saturated heterocycles. The lowest BCUT2D eigenvalue weighted by Crippen LogP contribution is -2.44. The summed E-state index contributed by atoms with van der Waals surface area (Å²) in [5, 5.41) is 4.27. The van der Waals surface area contributed by atoms with Crippen molar-refractivity contribution in [2.24, 2.45) is 17.6 Å². The van der Waals surface area contributed by atoms with E-state index in [-0.39, 0.29) is 42.7 Å². The average molecular weight is 399 g/mol. The molecule has 144 valence electrons. The Morgan fingerprint density at radius 3 is 2.42 bits per heavy atom. The van der Waals surface area contributed by atoms with Crippen molar-refractivity contribution in [3.8, 4) is 0 Å². The van der Waals surface area contributed by atoms with Crippen LogP contribution in [0.5, 0.6) is 0 Å². The van der Waals surface area contributed by atoms with Gasteiger partial charge in [0, 0.05) is 38.1 Å². The van der Waals surface area contributed by atoms with Crippen molar-refractivity contribution in [2.75, 3.05) is 13.1 Å². The van der Waals surface area contributed by atoms with Crippen LogP contribution >= 0.6 is 24.8 Å². The molecule has 1 aliphatic rings. The highest BCUT2D eigenvalue weighted by Crippen LogP contribution is 2.25. The van der Waals surface area contributed by atoms with Gasteiger partial charge < -0.3 is 10.6 Å². The number of hydrogen-bond donors (Lipinski definition) is 1. The Labute approximate surface area is 167 Å². The lowest BCUT2D eigenvalue weighted by atomic mass is 9.91. The van der Waals surface area contributed by atoms with Gasteiger partial charge in [-0.1, -0.05) is 37.3 Å². The van der Waals surface area contributed by atoms with Gasteiger partial charge in [0.2, 0.25) is 5.91 Å². The standard InChI is InChI=1S/C19H26N4O.2ClH/c1-15(18(20)17-6-3-2-4-7-17)19(24)22-12-8-16(9-13-22)14-23-11-5-10-21-23;;/h2-7,10-11,15-16,18H,8-9,12-14,20H2,1H3;2*1H. The van der Waals surface area contributed by atoms with Crippen LogP contribution in [-0.2, 0) is 11.3 Å². The molecule has 5 nitrogen and oxygen atoms in total. The summed E-state index contributed by atoms with van der Waals surface area (Å²) >= 11 is 0. The van der Waals surface area contributed by atoms with Gasteiger partial charge in [0.1, 0.15) is 0 Å². The maximum absolute atomic E-state index is 12.8. The van der Waals surface area contributed by atoms with Crippen molar-refractivity contribution in [3.05, 3.63) is 54.4 Å². The number of nitrogens with zero attached hydrogens (tertiary/aromatic N) is 3. The van der Waals surface area contributed by atoms with E-state index in [2.05, 4.69) is 5.10 Å². The first-order valence-electron chi connectivity index (χ1n) is 8.72. The molecule has 2 atom stereocenters. The summed E-state index contributed by atoms with van der Waals surface area (Å²) in [5.74, 6) is 0.561. The number of hydrogen-bond acceptors (Lipinski definition) is 3. The zero-order chi connectivity index (χ0) is 16.9. The summed E-state index contributed by atoms with van der Waals surface area (Å²) in [7, 11) is 0. The van der Waals surface area contributed by atoms with Crippen molar-refractivity contribution in [2.45, 2.75) is 32.4 Å². The highest BCUT2D eigenvalue weighted by Gasteiger charge is 2.29. The SMILES string of the molecule is CC(C(=O)N1CCC(Cn2cccn2)CC1)C(N)c1ccccc1.Cl.Cl. The van der Waals surface area contributed by atoms with Gasteiger partial charge in [0.05, 0.1) is 5.92 Å². The van der Waals surface area contributed by atoms with Crippen LogP contribution in [0.25, 0.3) is 0 Å². The van der Waals surface area contributed by atoms with E-state index in [0.29, 0.717) is 5.92 Å².